The van der Waals surface area contributed by atoms with Gasteiger partial charge in [0, 0.05) is 10.0 Å². The molecule has 0 aliphatic carbocycles. The molecule has 0 amide bonds. The average molecular weight is 364 g/mol. The van der Waals surface area contributed by atoms with Gasteiger partial charge in [-0.1, -0.05) is 52.4 Å². The first-order chi connectivity index (χ1) is 9.95. The Labute approximate surface area is 139 Å². The molecule has 0 saturated heterocycles. The van der Waals surface area contributed by atoms with E-state index in [-0.39, 0.29) is 11.8 Å². The summed E-state index contributed by atoms with van der Waals surface area (Å²) in [6.07, 6.45) is 0. The summed E-state index contributed by atoms with van der Waals surface area (Å²) in [7, 11) is 0. The molecule has 2 aromatic rings. The number of carboxylic acid groups (broad SMARTS) is 1. The predicted molar refractivity (Wildman–Crippen MR) is 86.8 cm³/mol. The Morgan fingerprint density at radius 1 is 1.48 bits per heavy atom. The second kappa shape index (κ2) is 7.31. The largest absolute Gasteiger partial charge is 0.481 e. The number of anilines is 1. The van der Waals surface area contributed by atoms with Crippen LogP contribution in [0.4, 0.5) is 5.13 Å². The third kappa shape index (κ3) is 4.74. The van der Waals surface area contributed by atoms with E-state index in [1.54, 1.807) is 12.1 Å². The van der Waals surface area contributed by atoms with E-state index in [0.29, 0.717) is 19.5 Å². The van der Waals surface area contributed by atoms with Crippen LogP contribution in [0, 0.1) is 0 Å². The number of nitrogens with zero attached hydrogens (tertiary/aromatic N) is 2. The van der Waals surface area contributed by atoms with Gasteiger partial charge in [-0.25, -0.2) is 0 Å². The third-order valence-electron chi connectivity index (χ3n) is 2.49. The monoisotopic (exact) mass is 363 g/mol. The molecule has 0 saturated carbocycles. The molecule has 0 fully saturated rings. The minimum atomic E-state index is -0.883. The van der Waals surface area contributed by atoms with Crippen molar-refractivity contribution in [3.63, 3.8) is 0 Å². The number of aromatic nitrogens is 2. The number of benzene rings is 1. The van der Waals surface area contributed by atoms with Crippen molar-refractivity contribution in [2.45, 2.75) is 17.3 Å². The van der Waals surface area contributed by atoms with E-state index in [1.807, 2.05) is 13.0 Å². The first-order valence-electron chi connectivity index (χ1n) is 5.85. The number of thioether (sulfide) groups is 1. The smallest absolute Gasteiger partial charge is 0.313 e. The van der Waals surface area contributed by atoms with Crippen molar-refractivity contribution in [2.75, 3.05) is 11.1 Å². The summed E-state index contributed by atoms with van der Waals surface area (Å²) in [6, 6.07) is 5.24. The zero-order valence-corrected chi connectivity index (χ0v) is 14.0. The molecule has 5 nitrogen and oxygen atoms in total. The van der Waals surface area contributed by atoms with E-state index in [9.17, 15) is 4.79 Å². The lowest BCUT2D eigenvalue weighted by Crippen LogP contribution is -2.06. The lowest BCUT2D eigenvalue weighted by molar-refractivity contribution is -0.133. The maximum absolute atomic E-state index is 10.5. The molecule has 21 heavy (non-hydrogen) atoms. The zero-order chi connectivity index (χ0) is 15.4. The first-order valence-corrected chi connectivity index (χ1v) is 8.41. The fourth-order valence-corrected chi connectivity index (χ4v) is 3.70. The predicted octanol–water partition coefficient (Wildman–Crippen LogP) is 4.19. The lowest BCUT2D eigenvalue weighted by Gasteiger charge is -2.14. The van der Waals surface area contributed by atoms with Gasteiger partial charge in [0.05, 0.1) is 11.8 Å². The van der Waals surface area contributed by atoms with Gasteiger partial charge in [-0.3, -0.25) is 4.79 Å². The number of aliphatic carboxylic acids is 1. The topological polar surface area (TPSA) is 75.1 Å². The number of carboxylic acids is 1. The molecule has 0 aliphatic rings. The number of rotatable bonds is 6. The van der Waals surface area contributed by atoms with Crippen molar-refractivity contribution in [3.05, 3.63) is 33.8 Å². The van der Waals surface area contributed by atoms with Crippen molar-refractivity contribution in [2.24, 2.45) is 0 Å². The molecule has 1 heterocycles. The zero-order valence-electron chi connectivity index (χ0n) is 10.8. The van der Waals surface area contributed by atoms with Crippen LogP contribution in [0.2, 0.25) is 10.0 Å². The molecule has 9 heteroatoms. The molecule has 1 atom stereocenters. The fraction of sp³-hybridized carbons (Fsp3) is 0.250. The van der Waals surface area contributed by atoms with Crippen LogP contribution >= 0.6 is 46.3 Å². The number of carbonyl (C=O) groups is 1. The highest BCUT2D eigenvalue weighted by Gasteiger charge is 2.13. The molecule has 2 N–H and O–H groups in total. The molecular weight excluding hydrogens is 353 g/mol. The van der Waals surface area contributed by atoms with Crippen molar-refractivity contribution in [1.82, 2.24) is 10.2 Å². The summed E-state index contributed by atoms with van der Waals surface area (Å²) in [5.41, 5.74) is 0.899. The Kier molecular flexibility index (Phi) is 5.69. The normalized spacial score (nSPS) is 12.1. The minimum absolute atomic E-state index is 0.0345. The third-order valence-corrected chi connectivity index (χ3v) is 5.03. The van der Waals surface area contributed by atoms with Crippen molar-refractivity contribution >= 4 is 57.4 Å². The second-order valence-corrected chi connectivity index (χ2v) is 7.13. The van der Waals surface area contributed by atoms with Crippen LogP contribution in [0.3, 0.4) is 0 Å². The van der Waals surface area contributed by atoms with E-state index in [4.69, 9.17) is 28.3 Å². The van der Waals surface area contributed by atoms with Crippen LogP contribution in [-0.2, 0) is 4.79 Å². The van der Waals surface area contributed by atoms with Crippen molar-refractivity contribution in [3.8, 4) is 0 Å². The van der Waals surface area contributed by atoms with Crippen LogP contribution in [-0.4, -0.2) is 27.0 Å². The molecule has 0 radical (unpaired) electrons. The molecule has 0 bridgehead atoms. The number of halogens is 2. The second-order valence-electron chi connectivity index (χ2n) is 4.09. The maximum Gasteiger partial charge on any atom is 0.313 e. The summed E-state index contributed by atoms with van der Waals surface area (Å²) in [4.78, 5) is 10.5. The molecule has 1 aromatic heterocycles. The van der Waals surface area contributed by atoms with Gasteiger partial charge in [0.2, 0.25) is 5.13 Å². The summed E-state index contributed by atoms with van der Waals surface area (Å²) >= 11 is 14.5. The number of hydrogen-bond donors (Lipinski definition) is 2. The minimum Gasteiger partial charge on any atom is -0.481 e. The quantitative estimate of drug-likeness (QED) is 0.749. The van der Waals surface area contributed by atoms with E-state index in [2.05, 4.69) is 15.5 Å². The highest BCUT2D eigenvalue weighted by molar-refractivity contribution is 8.01. The van der Waals surface area contributed by atoms with E-state index < -0.39 is 5.97 Å². The number of hydrogen-bond acceptors (Lipinski definition) is 6. The molecule has 1 aromatic carbocycles. The highest BCUT2D eigenvalue weighted by Crippen LogP contribution is 2.31. The molecular formula is C12H11Cl2N3O2S2. The molecule has 0 spiro atoms. The Hall–Kier alpha value is -1.02. The molecule has 2 rings (SSSR count). The molecule has 0 aliphatic heterocycles. The van der Waals surface area contributed by atoms with Crippen molar-refractivity contribution in [1.29, 1.82) is 0 Å². The maximum atomic E-state index is 10.5. The Morgan fingerprint density at radius 3 is 2.90 bits per heavy atom. The van der Waals surface area contributed by atoms with Crippen LogP contribution in [0.1, 0.15) is 18.5 Å². The van der Waals surface area contributed by atoms with Gasteiger partial charge in [-0.2, -0.15) is 0 Å². The van der Waals surface area contributed by atoms with E-state index in [0.717, 1.165) is 17.3 Å². The standard InChI is InChI=1S/C12H11Cl2N3O2S2/c1-6(8-3-2-7(13)4-9(8)14)15-11-16-17-12(21-11)20-5-10(18)19/h2-4,6H,5H2,1H3,(H,15,16)(H,18,19). The molecule has 112 valence electrons. The first kappa shape index (κ1) is 16.4. The van der Waals surface area contributed by atoms with Gasteiger partial charge in [0.15, 0.2) is 4.34 Å². The van der Waals surface area contributed by atoms with Gasteiger partial charge >= 0.3 is 5.97 Å². The SMILES string of the molecule is CC(Nc1nnc(SCC(=O)O)s1)c1ccc(Cl)cc1Cl. The molecule has 1 unspecified atom stereocenters. The van der Waals surface area contributed by atoms with E-state index in [1.165, 1.54) is 11.3 Å². The number of nitrogens with one attached hydrogen (secondary N) is 1. The Morgan fingerprint density at radius 2 is 2.24 bits per heavy atom. The van der Waals surface area contributed by atoms with Gasteiger partial charge < -0.3 is 10.4 Å². The fourth-order valence-electron chi connectivity index (χ4n) is 1.57. The summed E-state index contributed by atoms with van der Waals surface area (Å²) in [5, 5.41) is 21.5. The summed E-state index contributed by atoms with van der Waals surface area (Å²) in [6.45, 7) is 1.95. The van der Waals surface area contributed by atoms with Crippen LogP contribution in [0.15, 0.2) is 22.5 Å². The summed E-state index contributed by atoms with van der Waals surface area (Å²) < 4.78 is 0.606. The lowest BCUT2D eigenvalue weighted by atomic mass is 10.1. The van der Waals surface area contributed by atoms with E-state index >= 15 is 0 Å². The van der Waals surface area contributed by atoms with Gasteiger partial charge in [-0.15, -0.1) is 10.2 Å². The van der Waals surface area contributed by atoms with Crippen molar-refractivity contribution < 1.29 is 9.90 Å². The van der Waals surface area contributed by atoms with Crippen LogP contribution in [0.5, 0.6) is 0 Å². The van der Waals surface area contributed by atoms with Crippen LogP contribution in [0.25, 0.3) is 0 Å². The average Bonchev–Trinajstić information content (AvgIpc) is 2.83. The Balaban J connectivity index is 2.02. The van der Waals surface area contributed by atoms with Gasteiger partial charge in [0.25, 0.3) is 0 Å². The van der Waals surface area contributed by atoms with Gasteiger partial charge in [0.1, 0.15) is 0 Å². The summed E-state index contributed by atoms with van der Waals surface area (Å²) in [5.74, 6) is -0.918. The highest BCUT2D eigenvalue weighted by atomic mass is 35.5. The Bertz CT molecular complexity index is 651. The van der Waals surface area contributed by atoms with Crippen LogP contribution < -0.4 is 5.32 Å². The van der Waals surface area contributed by atoms with Gasteiger partial charge in [-0.05, 0) is 24.6 Å².